The Hall–Kier alpha value is -1.57. The Morgan fingerprint density at radius 1 is 0.757 bits per heavy atom. The highest BCUT2D eigenvalue weighted by Gasteiger charge is 2.27. The lowest BCUT2D eigenvalue weighted by Crippen LogP contribution is -2.25. The molecule has 1 aromatic rings. The molecule has 2 nitrogen and oxygen atoms in total. The van der Waals surface area contributed by atoms with E-state index in [0.29, 0.717) is 5.75 Å². The van der Waals surface area contributed by atoms with Crippen molar-refractivity contribution >= 4 is 5.97 Å². The van der Waals surface area contributed by atoms with Gasteiger partial charge in [0.05, 0.1) is 5.92 Å². The van der Waals surface area contributed by atoms with Gasteiger partial charge in [-0.25, -0.2) is 0 Å². The fourth-order valence-corrected chi connectivity index (χ4v) is 6.54. The van der Waals surface area contributed by atoms with Crippen LogP contribution in [0.4, 0.5) is 0 Å². The first-order chi connectivity index (χ1) is 18.2. The molecule has 2 fully saturated rings. The van der Waals surface area contributed by atoms with Crippen molar-refractivity contribution in [2.24, 2.45) is 23.7 Å². The molecule has 0 amide bonds. The summed E-state index contributed by atoms with van der Waals surface area (Å²) >= 11 is 0. The smallest absolute Gasteiger partial charge is 0.314 e. The van der Waals surface area contributed by atoms with E-state index in [1.165, 1.54) is 108 Å². The summed E-state index contributed by atoms with van der Waals surface area (Å²) in [4.78, 5) is 12.7. The number of carbonyl (C=O) groups is 1. The van der Waals surface area contributed by atoms with Crippen LogP contribution in [-0.4, -0.2) is 5.97 Å². The van der Waals surface area contributed by atoms with E-state index in [1.807, 2.05) is 12.1 Å². The summed E-state index contributed by atoms with van der Waals surface area (Å²) in [7, 11) is 0. The molecular weight excluding hydrogens is 452 g/mol. The van der Waals surface area contributed by atoms with E-state index in [-0.39, 0.29) is 11.9 Å². The number of rotatable bonds is 16. The fourth-order valence-electron chi connectivity index (χ4n) is 6.54. The van der Waals surface area contributed by atoms with Crippen LogP contribution >= 0.6 is 0 Å². The summed E-state index contributed by atoms with van der Waals surface area (Å²) in [6.45, 7) is 4.57. The Kier molecular flexibility index (Phi) is 14.5. The van der Waals surface area contributed by atoms with Gasteiger partial charge in [0.25, 0.3) is 0 Å². The third kappa shape index (κ3) is 11.8. The average molecular weight is 509 g/mol. The Morgan fingerprint density at radius 2 is 1.32 bits per heavy atom. The predicted molar refractivity (Wildman–Crippen MR) is 158 cm³/mol. The number of carbonyl (C=O) groups excluding carboxylic acids is 1. The highest BCUT2D eigenvalue weighted by atomic mass is 16.5. The van der Waals surface area contributed by atoms with Gasteiger partial charge in [0, 0.05) is 0 Å². The van der Waals surface area contributed by atoms with Gasteiger partial charge in [-0.15, -0.1) is 0 Å². The largest absolute Gasteiger partial charge is 0.426 e. The molecule has 2 heteroatoms. The molecule has 0 radical (unpaired) electrons. The van der Waals surface area contributed by atoms with Crippen molar-refractivity contribution in [3.05, 3.63) is 42.0 Å². The van der Waals surface area contributed by atoms with Crippen LogP contribution in [0.25, 0.3) is 0 Å². The maximum Gasteiger partial charge on any atom is 0.314 e. The van der Waals surface area contributed by atoms with Crippen molar-refractivity contribution in [2.75, 3.05) is 0 Å². The molecule has 208 valence electrons. The van der Waals surface area contributed by atoms with Gasteiger partial charge < -0.3 is 4.74 Å². The minimum absolute atomic E-state index is 0.0165. The predicted octanol–water partition coefficient (Wildman–Crippen LogP) is 10.6. The highest BCUT2D eigenvalue weighted by molar-refractivity contribution is 5.75. The Morgan fingerprint density at radius 3 is 1.97 bits per heavy atom. The molecule has 37 heavy (non-hydrogen) atoms. The first kappa shape index (κ1) is 30.0. The van der Waals surface area contributed by atoms with Crippen LogP contribution in [0.15, 0.2) is 36.4 Å². The van der Waals surface area contributed by atoms with Crippen LogP contribution in [0.2, 0.25) is 0 Å². The minimum Gasteiger partial charge on any atom is -0.426 e. The van der Waals surface area contributed by atoms with E-state index in [1.54, 1.807) is 0 Å². The topological polar surface area (TPSA) is 26.3 Å². The first-order valence-corrected chi connectivity index (χ1v) is 16.1. The van der Waals surface area contributed by atoms with Crippen LogP contribution < -0.4 is 4.74 Å². The second-order valence-corrected chi connectivity index (χ2v) is 12.2. The standard InChI is InChI=1S/C35H56O2/c1-3-5-7-8-10-14-31-21-25-33(26-22-31)35(36)37-34-27-23-32(24-28-34)16-12-11-15-30-19-17-29(18-20-30)13-9-6-4-2/h11,15,23-24,27-31,33H,3-10,12-14,16-22,25-26H2,1-2H3/b15-11+/t29-,30-,31-,33-. The van der Waals surface area contributed by atoms with Gasteiger partial charge in [-0.2, -0.15) is 0 Å². The number of hydrogen-bond acceptors (Lipinski definition) is 2. The van der Waals surface area contributed by atoms with E-state index in [2.05, 4.69) is 38.1 Å². The summed E-state index contributed by atoms with van der Waals surface area (Å²) in [6, 6.07) is 8.23. The molecule has 0 N–H and O–H groups in total. The van der Waals surface area contributed by atoms with Crippen LogP contribution in [-0.2, 0) is 11.2 Å². The van der Waals surface area contributed by atoms with E-state index in [4.69, 9.17) is 4.74 Å². The fraction of sp³-hybridized carbons (Fsp3) is 0.743. The molecule has 0 heterocycles. The van der Waals surface area contributed by atoms with Crippen LogP contribution in [0.1, 0.15) is 141 Å². The molecule has 0 spiro atoms. The lowest BCUT2D eigenvalue weighted by molar-refractivity contribution is -0.140. The summed E-state index contributed by atoms with van der Waals surface area (Å²) in [5.41, 5.74) is 1.32. The van der Waals surface area contributed by atoms with Crippen LogP contribution in [0.5, 0.6) is 5.75 Å². The summed E-state index contributed by atoms with van der Waals surface area (Å²) in [5.74, 6) is 3.39. The average Bonchev–Trinajstić information content (AvgIpc) is 2.93. The molecule has 0 aromatic heterocycles. The SMILES string of the molecule is CCCCCCC[C@H]1CC[C@H](C(=O)Oc2ccc(CC/C=C/[C@H]3CC[C@H](CCCCC)CC3)cc2)CC1. The summed E-state index contributed by atoms with van der Waals surface area (Å²) < 4.78 is 5.76. The zero-order valence-corrected chi connectivity index (χ0v) is 24.2. The van der Waals surface area contributed by atoms with Crippen molar-refractivity contribution in [3.8, 4) is 5.75 Å². The molecule has 0 aliphatic heterocycles. The van der Waals surface area contributed by atoms with Crippen LogP contribution in [0.3, 0.4) is 0 Å². The molecular formula is C35H56O2. The molecule has 0 bridgehead atoms. The van der Waals surface area contributed by atoms with Gasteiger partial charge in [-0.1, -0.05) is 102 Å². The molecule has 0 atom stereocenters. The number of benzene rings is 1. The second kappa shape index (κ2) is 17.8. The maximum absolute atomic E-state index is 12.7. The van der Waals surface area contributed by atoms with Gasteiger partial charge in [0.15, 0.2) is 0 Å². The van der Waals surface area contributed by atoms with Gasteiger partial charge >= 0.3 is 5.97 Å². The van der Waals surface area contributed by atoms with Crippen LogP contribution in [0, 0.1) is 23.7 Å². The molecule has 2 saturated carbocycles. The quantitative estimate of drug-likeness (QED) is 0.0960. The summed E-state index contributed by atoms with van der Waals surface area (Å²) in [6.07, 6.45) is 30.8. The molecule has 1 aromatic carbocycles. The van der Waals surface area contributed by atoms with E-state index >= 15 is 0 Å². The summed E-state index contributed by atoms with van der Waals surface area (Å²) in [5, 5.41) is 0. The molecule has 0 unspecified atom stereocenters. The number of unbranched alkanes of at least 4 members (excludes halogenated alkanes) is 6. The number of allylic oxidation sites excluding steroid dienone is 2. The molecule has 2 aliphatic rings. The zero-order valence-electron chi connectivity index (χ0n) is 24.2. The van der Waals surface area contributed by atoms with Gasteiger partial charge in [0.1, 0.15) is 5.75 Å². The Bertz CT molecular complexity index is 748. The number of ether oxygens (including phenoxy) is 1. The lowest BCUT2D eigenvalue weighted by Gasteiger charge is -2.27. The monoisotopic (exact) mass is 508 g/mol. The van der Waals surface area contributed by atoms with E-state index in [9.17, 15) is 4.79 Å². The second-order valence-electron chi connectivity index (χ2n) is 12.2. The Labute approximate surface area is 229 Å². The lowest BCUT2D eigenvalue weighted by atomic mass is 9.79. The third-order valence-corrected chi connectivity index (χ3v) is 9.15. The maximum atomic E-state index is 12.7. The van der Waals surface area contributed by atoms with Gasteiger partial charge in [-0.3, -0.25) is 4.79 Å². The minimum atomic E-state index is -0.0165. The normalized spacial score (nSPS) is 24.4. The number of hydrogen-bond donors (Lipinski definition) is 0. The van der Waals surface area contributed by atoms with Crippen molar-refractivity contribution in [1.82, 2.24) is 0 Å². The molecule has 2 aliphatic carbocycles. The Balaban J connectivity index is 1.27. The zero-order chi connectivity index (χ0) is 26.1. The molecule has 0 saturated heterocycles. The third-order valence-electron chi connectivity index (χ3n) is 9.15. The number of aryl methyl sites for hydroxylation is 1. The van der Waals surface area contributed by atoms with Gasteiger partial charge in [-0.05, 0) is 99.7 Å². The van der Waals surface area contributed by atoms with Crippen molar-refractivity contribution in [3.63, 3.8) is 0 Å². The van der Waals surface area contributed by atoms with E-state index in [0.717, 1.165) is 43.4 Å². The van der Waals surface area contributed by atoms with Crippen molar-refractivity contribution in [1.29, 1.82) is 0 Å². The van der Waals surface area contributed by atoms with Crippen molar-refractivity contribution in [2.45, 2.75) is 142 Å². The number of esters is 1. The van der Waals surface area contributed by atoms with Gasteiger partial charge in [0.2, 0.25) is 0 Å². The highest BCUT2D eigenvalue weighted by Crippen LogP contribution is 2.34. The first-order valence-electron chi connectivity index (χ1n) is 16.1. The van der Waals surface area contributed by atoms with E-state index < -0.39 is 0 Å². The molecule has 3 rings (SSSR count). The van der Waals surface area contributed by atoms with Crippen molar-refractivity contribution < 1.29 is 9.53 Å².